The van der Waals surface area contributed by atoms with Gasteiger partial charge in [0.2, 0.25) is 0 Å². The minimum atomic E-state index is -0.139. The van der Waals surface area contributed by atoms with Crippen LogP contribution in [0.3, 0.4) is 0 Å². The first-order chi connectivity index (χ1) is 12.7. The lowest BCUT2D eigenvalue weighted by Gasteiger charge is -2.22. The normalized spacial score (nSPS) is 15.1. The van der Waals surface area contributed by atoms with E-state index in [-0.39, 0.29) is 11.8 Å². The van der Waals surface area contributed by atoms with E-state index in [2.05, 4.69) is 9.97 Å². The fraction of sp³-hybridized carbons (Fsp3) is 0.263. The summed E-state index contributed by atoms with van der Waals surface area (Å²) >= 11 is 0. The van der Waals surface area contributed by atoms with Crippen molar-refractivity contribution in [2.45, 2.75) is 6.42 Å². The van der Waals surface area contributed by atoms with Gasteiger partial charge in [-0.2, -0.15) is 0 Å². The van der Waals surface area contributed by atoms with Gasteiger partial charge in [-0.25, -0.2) is 0 Å². The van der Waals surface area contributed by atoms with Crippen molar-refractivity contribution < 1.29 is 14.0 Å². The first kappa shape index (κ1) is 16.3. The molecular formula is C19H18N4O3. The van der Waals surface area contributed by atoms with E-state index in [9.17, 15) is 9.59 Å². The zero-order valence-electron chi connectivity index (χ0n) is 14.2. The molecule has 0 aliphatic carbocycles. The molecule has 7 heteroatoms. The SMILES string of the molecule is O=C(c1ccco1)N1CCCN(C(=O)c2cccc3nccnc23)CC1. The highest BCUT2D eigenvalue weighted by Gasteiger charge is 2.25. The molecule has 0 unspecified atom stereocenters. The zero-order chi connectivity index (χ0) is 17.9. The quantitative estimate of drug-likeness (QED) is 0.708. The fourth-order valence-corrected chi connectivity index (χ4v) is 3.22. The molecule has 1 fully saturated rings. The monoisotopic (exact) mass is 350 g/mol. The molecule has 0 saturated carbocycles. The third-order valence-electron chi connectivity index (χ3n) is 4.53. The minimum absolute atomic E-state index is 0.0802. The van der Waals surface area contributed by atoms with Gasteiger partial charge in [-0.1, -0.05) is 6.07 Å². The Labute approximate surface area is 150 Å². The van der Waals surface area contributed by atoms with Crippen LogP contribution in [0, 0.1) is 0 Å². The molecule has 0 bridgehead atoms. The summed E-state index contributed by atoms with van der Waals surface area (Å²) in [5, 5.41) is 0. The van der Waals surface area contributed by atoms with Crippen LogP contribution in [0.2, 0.25) is 0 Å². The van der Waals surface area contributed by atoms with E-state index >= 15 is 0 Å². The Kier molecular flexibility index (Phi) is 4.35. The van der Waals surface area contributed by atoms with Crippen LogP contribution in [0.1, 0.15) is 27.3 Å². The molecule has 3 heterocycles. The maximum absolute atomic E-state index is 13.0. The summed E-state index contributed by atoms with van der Waals surface area (Å²) in [5.74, 6) is 0.109. The molecular weight excluding hydrogens is 332 g/mol. The summed E-state index contributed by atoms with van der Waals surface area (Å²) in [6, 6.07) is 8.78. The van der Waals surface area contributed by atoms with Crippen LogP contribution in [0.5, 0.6) is 0 Å². The second-order valence-corrected chi connectivity index (χ2v) is 6.14. The summed E-state index contributed by atoms with van der Waals surface area (Å²) in [5.41, 5.74) is 1.84. The van der Waals surface area contributed by atoms with Crippen LogP contribution in [-0.2, 0) is 0 Å². The summed E-state index contributed by atoms with van der Waals surface area (Å²) in [6.07, 6.45) is 5.41. The van der Waals surface area contributed by atoms with Crippen molar-refractivity contribution in [1.29, 1.82) is 0 Å². The van der Waals surface area contributed by atoms with Crippen molar-refractivity contribution in [2.75, 3.05) is 26.2 Å². The van der Waals surface area contributed by atoms with Gasteiger partial charge in [0.1, 0.15) is 5.52 Å². The Hall–Kier alpha value is -3.22. The molecule has 0 spiro atoms. The first-order valence-corrected chi connectivity index (χ1v) is 8.56. The fourth-order valence-electron chi connectivity index (χ4n) is 3.22. The maximum Gasteiger partial charge on any atom is 0.289 e. The molecule has 1 aromatic carbocycles. The van der Waals surface area contributed by atoms with Crippen LogP contribution < -0.4 is 0 Å². The number of para-hydroxylation sites is 1. The first-order valence-electron chi connectivity index (χ1n) is 8.56. The average molecular weight is 350 g/mol. The number of hydrogen-bond donors (Lipinski definition) is 0. The molecule has 2 amide bonds. The number of fused-ring (bicyclic) bond motifs is 1. The van der Waals surface area contributed by atoms with Gasteiger partial charge in [0.05, 0.1) is 17.3 Å². The van der Waals surface area contributed by atoms with Gasteiger partial charge in [0, 0.05) is 38.6 Å². The third-order valence-corrected chi connectivity index (χ3v) is 4.53. The Morgan fingerprint density at radius 3 is 2.42 bits per heavy atom. The summed E-state index contributed by atoms with van der Waals surface area (Å²) in [7, 11) is 0. The molecule has 2 aromatic heterocycles. The molecule has 132 valence electrons. The molecule has 0 N–H and O–H groups in total. The Bertz CT molecular complexity index is 934. The number of aromatic nitrogens is 2. The highest BCUT2D eigenvalue weighted by Crippen LogP contribution is 2.18. The number of furan rings is 1. The van der Waals surface area contributed by atoms with Crippen LogP contribution >= 0.6 is 0 Å². The molecule has 0 atom stereocenters. The molecule has 0 radical (unpaired) electrons. The third kappa shape index (κ3) is 3.03. The number of amides is 2. The number of carbonyl (C=O) groups is 2. The topological polar surface area (TPSA) is 79.5 Å². The average Bonchev–Trinajstić information content (AvgIpc) is 3.11. The lowest BCUT2D eigenvalue weighted by Crippen LogP contribution is -2.37. The molecule has 1 saturated heterocycles. The maximum atomic E-state index is 13.0. The summed E-state index contributed by atoms with van der Waals surface area (Å²) in [6.45, 7) is 2.14. The van der Waals surface area contributed by atoms with E-state index in [0.717, 1.165) is 0 Å². The van der Waals surface area contributed by atoms with Gasteiger partial charge in [-0.05, 0) is 30.7 Å². The summed E-state index contributed by atoms with van der Waals surface area (Å²) in [4.78, 5) is 37.5. The van der Waals surface area contributed by atoms with Gasteiger partial charge < -0.3 is 14.2 Å². The van der Waals surface area contributed by atoms with Crippen molar-refractivity contribution in [3.05, 3.63) is 60.3 Å². The predicted octanol–water partition coefficient (Wildman–Crippen LogP) is 2.21. The Balaban J connectivity index is 1.52. The lowest BCUT2D eigenvalue weighted by atomic mass is 10.1. The number of nitrogens with zero attached hydrogens (tertiary/aromatic N) is 4. The van der Waals surface area contributed by atoms with Crippen molar-refractivity contribution in [2.24, 2.45) is 0 Å². The van der Waals surface area contributed by atoms with E-state index < -0.39 is 0 Å². The van der Waals surface area contributed by atoms with Crippen molar-refractivity contribution in [1.82, 2.24) is 19.8 Å². The van der Waals surface area contributed by atoms with Gasteiger partial charge in [0.15, 0.2) is 5.76 Å². The molecule has 3 aromatic rings. The molecule has 26 heavy (non-hydrogen) atoms. The highest BCUT2D eigenvalue weighted by molar-refractivity contribution is 6.04. The van der Waals surface area contributed by atoms with Crippen molar-refractivity contribution in [3.8, 4) is 0 Å². The minimum Gasteiger partial charge on any atom is -0.459 e. The van der Waals surface area contributed by atoms with Gasteiger partial charge >= 0.3 is 0 Å². The van der Waals surface area contributed by atoms with Gasteiger partial charge in [0.25, 0.3) is 11.8 Å². The molecule has 4 rings (SSSR count). The van der Waals surface area contributed by atoms with Crippen LogP contribution in [0.15, 0.2) is 53.4 Å². The van der Waals surface area contributed by atoms with E-state index in [1.807, 2.05) is 12.1 Å². The lowest BCUT2D eigenvalue weighted by molar-refractivity contribution is 0.0700. The largest absolute Gasteiger partial charge is 0.459 e. The van der Waals surface area contributed by atoms with E-state index in [1.54, 1.807) is 40.4 Å². The zero-order valence-corrected chi connectivity index (χ0v) is 14.2. The van der Waals surface area contributed by atoms with E-state index in [1.165, 1.54) is 6.26 Å². The molecule has 1 aliphatic rings. The van der Waals surface area contributed by atoms with Gasteiger partial charge in [-0.15, -0.1) is 0 Å². The predicted molar refractivity (Wildman–Crippen MR) is 94.7 cm³/mol. The molecule has 1 aliphatic heterocycles. The van der Waals surface area contributed by atoms with E-state index in [4.69, 9.17) is 4.42 Å². The number of carbonyl (C=O) groups excluding carboxylic acids is 2. The summed E-state index contributed by atoms with van der Waals surface area (Å²) < 4.78 is 5.19. The second kappa shape index (κ2) is 6.95. The van der Waals surface area contributed by atoms with Gasteiger partial charge in [-0.3, -0.25) is 19.6 Å². The van der Waals surface area contributed by atoms with Crippen molar-refractivity contribution >= 4 is 22.8 Å². The number of rotatable bonds is 2. The molecule has 7 nitrogen and oxygen atoms in total. The highest BCUT2D eigenvalue weighted by atomic mass is 16.3. The second-order valence-electron chi connectivity index (χ2n) is 6.14. The number of benzene rings is 1. The standard InChI is InChI=1S/C19H18N4O3/c24-18(14-4-1-5-15-17(14)21-8-7-20-15)22-9-3-10-23(12-11-22)19(25)16-6-2-13-26-16/h1-2,4-8,13H,3,9-12H2. The Morgan fingerprint density at radius 1 is 0.885 bits per heavy atom. The van der Waals surface area contributed by atoms with Crippen LogP contribution in [-0.4, -0.2) is 57.8 Å². The van der Waals surface area contributed by atoms with E-state index in [0.29, 0.717) is 55.0 Å². The Morgan fingerprint density at radius 2 is 1.65 bits per heavy atom. The van der Waals surface area contributed by atoms with Crippen LogP contribution in [0.25, 0.3) is 11.0 Å². The van der Waals surface area contributed by atoms with Crippen LogP contribution in [0.4, 0.5) is 0 Å². The number of hydrogen-bond acceptors (Lipinski definition) is 5. The van der Waals surface area contributed by atoms with Crippen molar-refractivity contribution in [3.63, 3.8) is 0 Å². The smallest absolute Gasteiger partial charge is 0.289 e.